The number of phenols is 2. The number of ether oxygens (including phenoxy) is 2. The van der Waals surface area contributed by atoms with Crippen molar-refractivity contribution in [2.75, 3.05) is 13.1 Å². The summed E-state index contributed by atoms with van der Waals surface area (Å²) < 4.78 is 14.7. The van der Waals surface area contributed by atoms with Crippen LogP contribution in [0, 0.1) is 23.7 Å². The number of carbonyl (C=O) groups is 2. The maximum absolute atomic E-state index is 15.4. The zero-order valence-corrected chi connectivity index (χ0v) is 35.5. The summed E-state index contributed by atoms with van der Waals surface area (Å²) in [7, 11) is 0. The van der Waals surface area contributed by atoms with Crippen molar-refractivity contribution < 1.29 is 29.3 Å². The summed E-state index contributed by atoms with van der Waals surface area (Å²) in [4.78, 5) is 34.9. The molecule has 10 heteroatoms. The van der Waals surface area contributed by atoms with Crippen LogP contribution in [0.1, 0.15) is 77.0 Å². The molecule has 4 heterocycles. The van der Waals surface area contributed by atoms with Crippen molar-refractivity contribution in [2.24, 2.45) is 23.7 Å². The molecular formula is C50H46BrClN2O6. The Balaban J connectivity index is 0.864. The van der Waals surface area contributed by atoms with Crippen LogP contribution in [0.15, 0.2) is 71.2 Å². The molecule has 4 aromatic carbocycles. The van der Waals surface area contributed by atoms with E-state index in [1.165, 1.54) is 16.7 Å². The first-order chi connectivity index (χ1) is 29.2. The van der Waals surface area contributed by atoms with Gasteiger partial charge in [-0.15, -0.1) is 0 Å². The number of aromatic hydroxyl groups is 2. The molecule has 0 aromatic heterocycles. The van der Waals surface area contributed by atoms with E-state index in [4.69, 9.17) is 21.1 Å². The van der Waals surface area contributed by atoms with Crippen molar-refractivity contribution in [1.82, 2.24) is 9.80 Å². The van der Waals surface area contributed by atoms with Gasteiger partial charge in [0.15, 0.2) is 46.8 Å². The van der Waals surface area contributed by atoms with Crippen LogP contribution >= 0.6 is 27.5 Å². The van der Waals surface area contributed by atoms with E-state index in [9.17, 15) is 15.0 Å². The lowest BCUT2D eigenvalue weighted by molar-refractivity contribution is -0.141. The van der Waals surface area contributed by atoms with Crippen molar-refractivity contribution in [2.45, 2.75) is 111 Å². The summed E-state index contributed by atoms with van der Waals surface area (Å²) >= 11 is 9.85. The molecule has 4 aromatic rings. The van der Waals surface area contributed by atoms with Gasteiger partial charge in [-0.3, -0.25) is 19.4 Å². The van der Waals surface area contributed by atoms with E-state index in [2.05, 4.69) is 74.3 Å². The van der Waals surface area contributed by atoms with Gasteiger partial charge in [-0.2, -0.15) is 0 Å². The molecule has 4 saturated carbocycles. The number of rotatable bonds is 7. The molecule has 8 nitrogen and oxygen atoms in total. The Bertz CT molecular complexity index is 2600. The van der Waals surface area contributed by atoms with Crippen molar-refractivity contribution >= 4 is 39.1 Å². The first kappa shape index (κ1) is 35.7. The van der Waals surface area contributed by atoms with Crippen LogP contribution in [0.25, 0.3) is 0 Å². The predicted molar refractivity (Wildman–Crippen MR) is 227 cm³/mol. The average molecular weight is 886 g/mol. The molecule has 4 bridgehead atoms. The third-order valence-corrected chi connectivity index (χ3v) is 19.0. The lowest BCUT2D eigenvalue weighted by Crippen LogP contribution is -2.67. The molecule has 6 aliphatic carbocycles. The second kappa shape index (κ2) is 12.0. The van der Waals surface area contributed by atoms with Gasteiger partial charge in [0.1, 0.15) is 0 Å². The number of nitrogens with zero attached hydrogens (tertiary/aromatic N) is 2. The maximum Gasteiger partial charge on any atom is 0.181 e. The number of hydrogen-bond donors (Lipinski definition) is 2. The molecule has 6 fully saturated rings. The smallest absolute Gasteiger partial charge is 0.181 e. The van der Waals surface area contributed by atoms with E-state index < -0.39 is 29.0 Å². The van der Waals surface area contributed by atoms with Gasteiger partial charge >= 0.3 is 0 Å². The number of fused-ring (bicyclic) bond motifs is 4. The first-order valence-electron chi connectivity index (χ1n) is 22.3. The number of Topliss-reactive ketones (excluding diaryl/α,β-unsaturated/α-hetero) is 2. The molecular weight excluding hydrogens is 840 g/mol. The highest BCUT2D eigenvalue weighted by molar-refractivity contribution is 9.10. The van der Waals surface area contributed by atoms with Crippen molar-refractivity contribution in [3.05, 3.63) is 115 Å². The number of hydrogen-bond acceptors (Lipinski definition) is 8. The molecule has 14 rings (SSSR count). The minimum absolute atomic E-state index is 0.00641. The van der Waals surface area contributed by atoms with E-state index in [0.29, 0.717) is 41.9 Å². The van der Waals surface area contributed by atoms with E-state index in [1.54, 1.807) is 6.07 Å². The minimum atomic E-state index is -0.739. The van der Waals surface area contributed by atoms with Gasteiger partial charge in [0.05, 0.1) is 16.7 Å². The van der Waals surface area contributed by atoms with Crippen molar-refractivity contribution in [3.8, 4) is 23.0 Å². The summed E-state index contributed by atoms with van der Waals surface area (Å²) in [5.74, 6) is 1.57. The highest BCUT2D eigenvalue weighted by Gasteiger charge is 2.78. The van der Waals surface area contributed by atoms with Gasteiger partial charge in [-0.1, -0.05) is 63.9 Å². The number of carbonyl (C=O) groups excluding carboxylic acids is 2. The van der Waals surface area contributed by atoms with Crippen LogP contribution in [0.2, 0.25) is 5.02 Å². The third kappa shape index (κ3) is 4.14. The van der Waals surface area contributed by atoms with Crippen LogP contribution in [-0.2, 0) is 46.1 Å². The normalized spacial score (nSPS) is 38.9. The van der Waals surface area contributed by atoms with Crippen LogP contribution < -0.4 is 9.47 Å². The molecule has 13 atom stereocenters. The van der Waals surface area contributed by atoms with E-state index >= 15 is 4.79 Å². The maximum atomic E-state index is 15.4. The van der Waals surface area contributed by atoms with Crippen LogP contribution in [0.5, 0.6) is 23.0 Å². The number of halogens is 2. The fourth-order valence-corrected chi connectivity index (χ4v) is 16.9. The third-order valence-electron chi connectivity index (χ3n) is 18.3. The summed E-state index contributed by atoms with van der Waals surface area (Å²) in [6.07, 6.45) is 6.23. The Morgan fingerprint density at radius 3 is 2.02 bits per heavy atom. The van der Waals surface area contributed by atoms with Crippen LogP contribution in [0.4, 0.5) is 0 Å². The molecule has 0 radical (unpaired) electrons. The lowest BCUT2D eigenvalue weighted by atomic mass is 9.50. The topological polar surface area (TPSA) is 99.5 Å². The number of benzene rings is 4. The van der Waals surface area contributed by atoms with Crippen molar-refractivity contribution in [3.63, 3.8) is 0 Å². The van der Waals surface area contributed by atoms with Crippen LogP contribution in [0.3, 0.4) is 0 Å². The summed E-state index contributed by atoms with van der Waals surface area (Å²) in [6, 6.07) is 24.0. The van der Waals surface area contributed by atoms with E-state index in [0.717, 1.165) is 84.2 Å². The van der Waals surface area contributed by atoms with Gasteiger partial charge in [0.25, 0.3) is 0 Å². The molecule has 2 N–H and O–H groups in total. The molecule has 2 saturated heterocycles. The zero-order chi connectivity index (χ0) is 40.1. The quantitative estimate of drug-likeness (QED) is 0.196. The average Bonchev–Trinajstić information content (AvgIpc) is 4.09. The van der Waals surface area contributed by atoms with E-state index in [-0.39, 0.29) is 58.9 Å². The predicted octanol–water partition coefficient (Wildman–Crippen LogP) is 7.61. The fourth-order valence-electron chi connectivity index (χ4n) is 16.5. The molecule has 60 heavy (non-hydrogen) atoms. The number of likely N-dealkylation sites (tertiary alicyclic amines) is 2. The SMILES string of the molecule is O=C1C(c2cc3c4c(c2O)O[C@H]2C(=O)CCC5C6CC(C(C3)N6CCc3ccc(Br)cc3)C452)CC2C3CC4C(Cc5ccc(O)c6c5C24[C@H]1O6)N3CCc1ccc(Cl)cc1. The Kier molecular flexibility index (Phi) is 7.12. The van der Waals surface area contributed by atoms with Gasteiger partial charge in [0, 0.05) is 69.9 Å². The summed E-state index contributed by atoms with van der Waals surface area (Å²) in [5.41, 5.74) is 6.77. The van der Waals surface area contributed by atoms with E-state index in [1.807, 2.05) is 12.1 Å². The molecule has 306 valence electrons. The standard InChI is InChI=1S/C50H46BrClN2O6/c51-27-6-1-23(2-7-27)13-15-53-36-19-26-17-29(43(57)46-42(26)49-31(37(53)21-33(36)49)10-12-40(56)47(49)60-46)30-20-32-38-22-34-35(54(38)16-14-24-3-8-28(52)9-4-24)18-25-5-11-39(55)45-41(25)50(32,34)48(59-45)44(30)58/h1-9,11,17,30-38,47-48,55,57H,10,12-16,18-22H2/t30?,31?,32?,33?,34?,35?,36?,37?,38?,47-,48-,49?,50?/m0/s1. The first-order valence-corrected chi connectivity index (χ1v) is 23.5. The largest absolute Gasteiger partial charge is 0.504 e. The summed E-state index contributed by atoms with van der Waals surface area (Å²) in [6.45, 7) is 1.87. The highest BCUT2D eigenvalue weighted by Crippen LogP contribution is 2.74. The van der Waals surface area contributed by atoms with Gasteiger partial charge in [-0.25, -0.2) is 0 Å². The Hall–Kier alpha value is -3.89. The molecule has 4 aliphatic heterocycles. The number of phenolic OH excluding ortho intramolecular Hbond substituents is 2. The molecule has 10 aliphatic rings. The van der Waals surface area contributed by atoms with Crippen molar-refractivity contribution in [1.29, 1.82) is 0 Å². The van der Waals surface area contributed by atoms with Gasteiger partial charge in [-0.05, 0) is 128 Å². The van der Waals surface area contributed by atoms with Gasteiger partial charge < -0.3 is 19.7 Å². The second-order valence-electron chi connectivity index (χ2n) is 20.0. The second-order valence-corrected chi connectivity index (χ2v) is 21.3. The molecule has 0 amide bonds. The summed E-state index contributed by atoms with van der Waals surface area (Å²) in [5, 5.41) is 24.6. The number of piperidine rings is 2. The highest BCUT2D eigenvalue weighted by atomic mass is 79.9. The lowest BCUT2D eigenvalue weighted by Gasteiger charge is -2.57. The molecule has 2 spiro atoms. The van der Waals surface area contributed by atoms with Crippen LogP contribution in [-0.4, -0.2) is 81.0 Å². The number of ketones is 2. The Morgan fingerprint density at radius 2 is 1.30 bits per heavy atom. The molecule has 11 unspecified atom stereocenters. The Labute approximate surface area is 362 Å². The zero-order valence-electron chi connectivity index (χ0n) is 33.2. The fraction of sp³-hybridized carbons (Fsp3) is 0.480. The monoisotopic (exact) mass is 884 g/mol. The van der Waals surface area contributed by atoms with Gasteiger partial charge in [0.2, 0.25) is 0 Å². The Morgan fingerprint density at radius 1 is 0.700 bits per heavy atom. The minimum Gasteiger partial charge on any atom is -0.504 e.